The van der Waals surface area contributed by atoms with E-state index in [0.29, 0.717) is 37.4 Å². The Morgan fingerprint density at radius 3 is 2.20 bits per heavy atom. The maximum atomic E-state index is 11.5. The van der Waals surface area contributed by atoms with Gasteiger partial charge in [0.15, 0.2) is 0 Å². The number of carboxylic acid groups (broad SMARTS) is 1. The number of aromatic nitrogens is 3. The van der Waals surface area contributed by atoms with Crippen LogP contribution in [0.25, 0.3) is 22.2 Å². The molecule has 2 aromatic heterocycles. The highest BCUT2D eigenvalue weighted by atomic mass is 16.5. The first-order chi connectivity index (χ1) is 23.9. The van der Waals surface area contributed by atoms with E-state index in [0.717, 1.165) is 78.9 Å². The third-order valence-corrected chi connectivity index (χ3v) is 9.81. The normalized spacial score (nSPS) is 17.4. The number of ether oxygens (including phenoxy) is 2. The zero-order chi connectivity index (χ0) is 33.7. The minimum Gasteiger partial charge on any atom is -0.473 e. The fraction of sp³-hybridized carbons (Fsp3) is 0.359. The lowest BCUT2D eigenvalue weighted by Gasteiger charge is -2.41. The molecular formula is C39H44N6O4. The summed E-state index contributed by atoms with van der Waals surface area (Å²) >= 11 is 0. The fourth-order valence-electron chi connectivity index (χ4n) is 7.23. The second kappa shape index (κ2) is 14.6. The van der Waals surface area contributed by atoms with E-state index < -0.39 is 6.09 Å². The molecule has 254 valence electrons. The Kier molecular flexibility index (Phi) is 9.65. The molecule has 10 heteroatoms. The molecule has 0 saturated carbocycles. The van der Waals surface area contributed by atoms with Crippen molar-refractivity contribution in [3.63, 3.8) is 0 Å². The number of benzene rings is 3. The second-order valence-corrected chi connectivity index (χ2v) is 13.2. The average molecular weight is 661 g/mol. The van der Waals surface area contributed by atoms with Crippen molar-refractivity contribution in [3.05, 3.63) is 102 Å². The summed E-state index contributed by atoms with van der Waals surface area (Å²) in [4.78, 5) is 22.8. The maximum absolute atomic E-state index is 11.5. The highest BCUT2D eigenvalue weighted by molar-refractivity contribution is 6.01. The van der Waals surface area contributed by atoms with Crippen molar-refractivity contribution >= 4 is 22.7 Å². The molecule has 2 saturated heterocycles. The molecule has 3 aromatic carbocycles. The van der Waals surface area contributed by atoms with Gasteiger partial charge in [-0.2, -0.15) is 10.1 Å². The third kappa shape index (κ3) is 7.34. The van der Waals surface area contributed by atoms with Gasteiger partial charge in [-0.05, 0) is 48.9 Å². The summed E-state index contributed by atoms with van der Waals surface area (Å²) in [5, 5.41) is 15.5. The highest BCUT2D eigenvalue weighted by Crippen LogP contribution is 2.39. The molecule has 4 heterocycles. The number of rotatable bonds is 10. The van der Waals surface area contributed by atoms with Crippen LogP contribution in [0.2, 0.25) is 0 Å². The zero-order valence-corrected chi connectivity index (χ0v) is 28.2. The van der Waals surface area contributed by atoms with E-state index in [1.54, 1.807) is 4.90 Å². The van der Waals surface area contributed by atoms with Crippen molar-refractivity contribution in [1.82, 2.24) is 24.6 Å². The van der Waals surface area contributed by atoms with Gasteiger partial charge in [0.25, 0.3) is 0 Å². The molecule has 0 unspecified atom stereocenters. The largest absolute Gasteiger partial charge is 0.473 e. The van der Waals surface area contributed by atoms with E-state index in [1.807, 2.05) is 91.4 Å². The first kappa shape index (κ1) is 32.5. The average Bonchev–Trinajstić information content (AvgIpc) is 3.47. The number of piperidine rings is 1. The van der Waals surface area contributed by atoms with Gasteiger partial charge in [-0.3, -0.25) is 9.58 Å². The Bertz CT molecular complexity index is 1870. The topological polar surface area (TPSA) is 96.2 Å². The number of anilines is 1. The van der Waals surface area contributed by atoms with E-state index in [9.17, 15) is 9.90 Å². The highest BCUT2D eigenvalue weighted by Gasteiger charge is 2.30. The number of carbonyl (C=O) groups is 1. The van der Waals surface area contributed by atoms with E-state index in [2.05, 4.69) is 28.0 Å². The standard InChI is InChI=1S/C39H44N6O4/c1-28-24-43(22-23-45(28)39(46)47)25-29-18-20-44(21-19-29)34-15-9-14-32-36(41-42(2)37(32)34)33-16-17-35(48-26-30-10-5-3-6-11-30)40-38(33)49-27-31-12-7-4-8-13-31/h3-17,28-29H,18-27H2,1-2H3,(H,46,47)/t28-/m0/s1. The molecule has 5 aromatic rings. The number of para-hydroxylation sites is 1. The molecule has 10 nitrogen and oxygen atoms in total. The first-order valence-corrected chi connectivity index (χ1v) is 17.2. The van der Waals surface area contributed by atoms with Crippen LogP contribution in [0.1, 0.15) is 30.9 Å². The van der Waals surface area contributed by atoms with Crippen LogP contribution in [0.15, 0.2) is 91.0 Å². The van der Waals surface area contributed by atoms with Gasteiger partial charge in [0, 0.05) is 63.8 Å². The Balaban J connectivity index is 1.10. The van der Waals surface area contributed by atoms with Crippen LogP contribution in [-0.4, -0.2) is 81.1 Å². The Morgan fingerprint density at radius 1 is 0.837 bits per heavy atom. The summed E-state index contributed by atoms with van der Waals surface area (Å²) in [5.41, 5.74) is 6.05. The number of aryl methyl sites for hydroxylation is 1. The lowest BCUT2D eigenvalue weighted by molar-refractivity contribution is 0.0651. The number of hydrogen-bond donors (Lipinski definition) is 1. The van der Waals surface area contributed by atoms with Gasteiger partial charge in [0.1, 0.15) is 18.9 Å². The summed E-state index contributed by atoms with van der Waals surface area (Å²) in [6.07, 6.45) is 1.38. The van der Waals surface area contributed by atoms with Crippen LogP contribution in [0.5, 0.6) is 11.8 Å². The summed E-state index contributed by atoms with van der Waals surface area (Å²) < 4.78 is 14.5. The number of pyridine rings is 1. The molecule has 2 fully saturated rings. The lowest BCUT2D eigenvalue weighted by atomic mass is 9.95. The van der Waals surface area contributed by atoms with E-state index in [4.69, 9.17) is 19.6 Å². The summed E-state index contributed by atoms with van der Waals surface area (Å²) in [7, 11) is 2.01. The molecule has 2 aliphatic rings. The molecule has 2 aliphatic heterocycles. The third-order valence-electron chi connectivity index (χ3n) is 9.81. The number of amides is 1. The summed E-state index contributed by atoms with van der Waals surface area (Å²) in [6, 6.07) is 30.5. The summed E-state index contributed by atoms with van der Waals surface area (Å²) in [6.45, 7) is 7.95. The molecule has 7 rings (SSSR count). The molecule has 49 heavy (non-hydrogen) atoms. The number of fused-ring (bicyclic) bond motifs is 1. The molecule has 0 bridgehead atoms. The van der Waals surface area contributed by atoms with Gasteiger partial charge in [-0.25, -0.2) is 4.79 Å². The predicted molar refractivity (Wildman–Crippen MR) is 191 cm³/mol. The molecule has 0 radical (unpaired) electrons. The molecule has 1 atom stereocenters. The number of nitrogens with zero attached hydrogens (tertiary/aromatic N) is 6. The Morgan fingerprint density at radius 2 is 1.53 bits per heavy atom. The smallest absolute Gasteiger partial charge is 0.407 e. The minimum atomic E-state index is -0.815. The van der Waals surface area contributed by atoms with Gasteiger partial charge < -0.3 is 24.4 Å². The van der Waals surface area contributed by atoms with Crippen molar-refractivity contribution in [3.8, 4) is 23.0 Å². The van der Waals surface area contributed by atoms with Crippen LogP contribution in [-0.2, 0) is 20.3 Å². The van der Waals surface area contributed by atoms with Crippen LogP contribution in [0.4, 0.5) is 10.5 Å². The van der Waals surface area contributed by atoms with Crippen molar-refractivity contribution in [1.29, 1.82) is 0 Å². The van der Waals surface area contributed by atoms with E-state index in [-0.39, 0.29) is 6.04 Å². The predicted octanol–water partition coefficient (Wildman–Crippen LogP) is 6.69. The molecule has 0 aliphatic carbocycles. The molecule has 1 amide bonds. The van der Waals surface area contributed by atoms with Gasteiger partial charge >= 0.3 is 6.09 Å². The molecular weight excluding hydrogens is 616 g/mol. The number of hydrogen-bond acceptors (Lipinski definition) is 7. The number of piperazine rings is 1. The molecule has 0 spiro atoms. The Hall–Kier alpha value is -5.09. The van der Waals surface area contributed by atoms with Crippen LogP contribution in [0, 0.1) is 5.92 Å². The molecule has 1 N–H and O–H groups in total. The minimum absolute atomic E-state index is 0.0282. The van der Waals surface area contributed by atoms with Crippen molar-refractivity contribution in [2.24, 2.45) is 13.0 Å². The first-order valence-electron chi connectivity index (χ1n) is 17.2. The maximum Gasteiger partial charge on any atom is 0.407 e. The van der Waals surface area contributed by atoms with Gasteiger partial charge in [0.2, 0.25) is 11.8 Å². The fourth-order valence-corrected chi connectivity index (χ4v) is 7.23. The monoisotopic (exact) mass is 660 g/mol. The second-order valence-electron chi connectivity index (χ2n) is 13.2. The Labute approximate surface area is 287 Å². The SMILES string of the molecule is C[C@H]1CN(CC2CCN(c3cccc4c(-c5ccc(OCc6ccccc6)nc5OCc5ccccc5)nn(C)c34)CC2)CCN1C(=O)O. The quantitative estimate of drug-likeness (QED) is 0.177. The van der Waals surface area contributed by atoms with Crippen molar-refractivity contribution in [2.45, 2.75) is 39.0 Å². The lowest BCUT2D eigenvalue weighted by Crippen LogP contribution is -2.54. The van der Waals surface area contributed by atoms with Gasteiger partial charge in [-0.1, -0.05) is 72.8 Å². The summed E-state index contributed by atoms with van der Waals surface area (Å²) in [5.74, 6) is 1.58. The van der Waals surface area contributed by atoms with Crippen molar-refractivity contribution in [2.75, 3.05) is 44.2 Å². The van der Waals surface area contributed by atoms with Crippen LogP contribution < -0.4 is 14.4 Å². The van der Waals surface area contributed by atoms with E-state index >= 15 is 0 Å². The van der Waals surface area contributed by atoms with Crippen LogP contribution in [0.3, 0.4) is 0 Å². The zero-order valence-electron chi connectivity index (χ0n) is 28.2. The van der Waals surface area contributed by atoms with Gasteiger partial charge in [-0.15, -0.1) is 0 Å². The van der Waals surface area contributed by atoms with Crippen molar-refractivity contribution < 1.29 is 19.4 Å². The van der Waals surface area contributed by atoms with E-state index in [1.165, 1.54) is 5.69 Å². The van der Waals surface area contributed by atoms with Crippen LogP contribution >= 0.6 is 0 Å². The van der Waals surface area contributed by atoms with Gasteiger partial charge in [0.05, 0.1) is 16.8 Å².